The molecule has 1 N–H and O–H groups in total. The molecule has 0 spiro atoms. The molecule has 0 bridgehead atoms. The Morgan fingerprint density at radius 2 is 1.65 bits per heavy atom. The van der Waals surface area contributed by atoms with Crippen molar-refractivity contribution in [3.8, 4) is 5.69 Å². The number of hydrogen-bond donors (Lipinski definition) is 1. The average Bonchev–Trinajstić information content (AvgIpc) is 2.97. The summed E-state index contributed by atoms with van der Waals surface area (Å²) in [6, 6.07) is 19.3. The van der Waals surface area contributed by atoms with Crippen molar-refractivity contribution < 1.29 is 9.67 Å². The van der Waals surface area contributed by atoms with E-state index in [4.69, 9.17) is 0 Å². The minimum Gasteiger partial charge on any atom is -0.504 e. The fourth-order valence-corrected chi connectivity index (χ4v) is 1.91. The van der Waals surface area contributed by atoms with Crippen molar-refractivity contribution in [3.63, 3.8) is 0 Å². The summed E-state index contributed by atoms with van der Waals surface area (Å²) in [4.78, 5) is 0. The number of nitrogens with zero attached hydrogens (tertiary/aromatic N) is 3. The number of aromatic nitrogens is 3. The van der Waals surface area contributed by atoms with Crippen LogP contribution < -0.4 is 4.57 Å². The zero-order chi connectivity index (χ0) is 13.8. The first-order chi connectivity index (χ1) is 9.83. The Labute approximate surface area is 116 Å². The van der Waals surface area contributed by atoms with E-state index in [0.29, 0.717) is 0 Å². The van der Waals surface area contributed by atoms with Crippen LogP contribution in [0.5, 0.6) is 0 Å². The lowest BCUT2D eigenvalue weighted by atomic mass is 10.2. The highest BCUT2D eigenvalue weighted by Gasteiger charge is 2.07. The lowest BCUT2D eigenvalue weighted by Gasteiger charge is -1.96. The summed E-state index contributed by atoms with van der Waals surface area (Å²) in [7, 11) is 0. The lowest BCUT2D eigenvalue weighted by molar-refractivity contribution is -0.596. The molecule has 4 heteroatoms. The van der Waals surface area contributed by atoms with E-state index in [9.17, 15) is 5.11 Å². The van der Waals surface area contributed by atoms with Crippen LogP contribution in [0, 0.1) is 0 Å². The Balaban J connectivity index is 1.88. The number of aliphatic hydroxyl groups excluding tert-OH is 1. The molecule has 0 aliphatic rings. The van der Waals surface area contributed by atoms with Crippen LogP contribution >= 0.6 is 0 Å². The number of para-hydroxylation sites is 1. The van der Waals surface area contributed by atoms with E-state index < -0.39 is 0 Å². The molecule has 2 aromatic carbocycles. The molecule has 0 aliphatic carbocycles. The highest BCUT2D eigenvalue weighted by Crippen LogP contribution is 2.10. The van der Waals surface area contributed by atoms with Gasteiger partial charge in [0.1, 0.15) is 11.9 Å². The molecule has 1 aromatic heterocycles. The van der Waals surface area contributed by atoms with E-state index in [-0.39, 0.29) is 5.76 Å². The molecule has 20 heavy (non-hydrogen) atoms. The molecule has 3 aromatic rings. The molecule has 4 nitrogen and oxygen atoms in total. The van der Waals surface area contributed by atoms with Crippen molar-refractivity contribution in [3.05, 3.63) is 78.9 Å². The van der Waals surface area contributed by atoms with Crippen LogP contribution in [0.15, 0.2) is 73.3 Å². The van der Waals surface area contributed by atoms with Gasteiger partial charge in [-0.05, 0) is 12.1 Å². The molecule has 3 rings (SSSR count). The Morgan fingerprint density at radius 3 is 2.35 bits per heavy atom. The Hall–Kier alpha value is -2.88. The second kappa shape index (κ2) is 5.40. The summed E-state index contributed by atoms with van der Waals surface area (Å²) < 4.78 is 3.46. The standard InChI is InChI=1S/C16H13N3O/c20-16(14-7-3-1-4-8-14)11-19-13-18(12-17-19)15-9-5-2-6-10-15/h1-13H/p+1/b16-11-. The van der Waals surface area contributed by atoms with E-state index >= 15 is 0 Å². The highest BCUT2D eigenvalue weighted by atomic mass is 16.3. The molecular formula is C16H14N3O+. The first-order valence-electron chi connectivity index (χ1n) is 6.30. The summed E-state index contributed by atoms with van der Waals surface area (Å²) in [5.74, 6) is 0.175. The van der Waals surface area contributed by atoms with Gasteiger partial charge in [0.25, 0.3) is 6.33 Å². The van der Waals surface area contributed by atoms with Gasteiger partial charge in [-0.2, -0.15) is 0 Å². The van der Waals surface area contributed by atoms with E-state index in [1.165, 1.54) is 0 Å². The van der Waals surface area contributed by atoms with Crippen LogP contribution in [0.3, 0.4) is 0 Å². The van der Waals surface area contributed by atoms with Crippen LogP contribution in [-0.4, -0.2) is 14.9 Å². The second-order valence-corrected chi connectivity index (χ2v) is 4.35. The topological polar surface area (TPSA) is 41.9 Å². The van der Waals surface area contributed by atoms with Gasteiger partial charge in [-0.1, -0.05) is 53.2 Å². The Morgan fingerprint density at radius 1 is 1.00 bits per heavy atom. The smallest absolute Gasteiger partial charge is 0.270 e. The number of rotatable bonds is 3. The van der Waals surface area contributed by atoms with E-state index in [1.807, 2.05) is 65.2 Å². The molecule has 0 atom stereocenters. The predicted molar refractivity (Wildman–Crippen MR) is 77.0 cm³/mol. The van der Waals surface area contributed by atoms with Gasteiger partial charge in [0.15, 0.2) is 5.76 Å². The SMILES string of the molecule is O/C(=C\n1c[n+](-c2ccccc2)cn1)c1ccccc1. The summed E-state index contributed by atoms with van der Waals surface area (Å²) >= 11 is 0. The summed E-state index contributed by atoms with van der Waals surface area (Å²) in [5, 5.41) is 14.2. The normalized spacial score (nSPS) is 11.5. The second-order valence-electron chi connectivity index (χ2n) is 4.35. The molecule has 0 saturated carbocycles. The summed E-state index contributed by atoms with van der Waals surface area (Å²) in [5.41, 5.74) is 1.78. The van der Waals surface area contributed by atoms with Crippen molar-refractivity contribution in [1.82, 2.24) is 9.78 Å². The van der Waals surface area contributed by atoms with Crippen molar-refractivity contribution in [2.75, 3.05) is 0 Å². The van der Waals surface area contributed by atoms with Gasteiger partial charge in [-0.25, -0.2) is 4.57 Å². The maximum absolute atomic E-state index is 10.0. The third-order valence-electron chi connectivity index (χ3n) is 2.93. The molecule has 0 fully saturated rings. The Kier molecular flexibility index (Phi) is 3.29. The maximum Gasteiger partial charge on any atom is 0.270 e. The number of aliphatic hydroxyl groups is 1. The minimum atomic E-state index is 0.175. The fourth-order valence-electron chi connectivity index (χ4n) is 1.91. The van der Waals surface area contributed by atoms with Crippen LogP contribution in [0.25, 0.3) is 17.6 Å². The van der Waals surface area contributed by atoms with Crippen molar-refractivity contribution in [2.24, 2.45) is 0 Å². The third-order valence-corrected chi connectivity index (χ3v) is 2.93. The van der Waals surface area contributed by atoms with Gasteiger partial charge in [0, 0.05) is 10.7 Å². The largest absolute Gasteiger partial charge is 0.504 e. The van der Waals surface area contributed by atoms with Crippen LogP contribution in [0.1, 0.15) is 5.56 Å². The molecule has 0 saturated heterocycles. The molecule has 0 radical (unpaired) electrons. The summed E-state index contributed by atoms with van der Waals surface area (Å²) in [6.45, 7) is 0. The van der Waals surface area contributed by atoms with E-state index in [2.05, 4.69) is 5.10 Å². The van der Waals surface area contributed by atoms with E-state index in [0.717, 1.165) is 11.3 Å². The van der Waals surface area contributed by atoms with Crippen LogP contribution in [0.4, 0.5) is 0 Å². The monoisotopic (exact) mass is 264 g/mol. The molecule has 98 valence electrons. The van der Waals surface area contributed by atoms with Crippen LogP contribution in [0.2, 0.25) is 0 Å². The first-order valence-corrected chi connectivity index (χ1v) is 6.30. The number of benzene rings is 2. The van der Waals surface area contributed by atoms with Gasteiger partial charge in [0.2, 0.25) is 6.33 Å². The first kappa shape index (κ1) is 12.2. The Bertz CT molecular complexity index is 718. The van der Waals surface area contributed by atoms with Crippen LogP contribution in [-0.2, 0) is 0 Å². The van der Waals surface area contributed by atoms with Crippen molar-refractivity contribution in [2.45, 2.75) is 0 Å². The van der Waals surface area contributed by atoms with Crippen molar-refractivity contribution in [1.29, 1.82) is 0 Å². The highest BCUT2D eigenvalue weighted by molar-refractivity contribution is 5.68. The lowest BCUT2D eigenvalue weighted by Crippen LogP contribution is -2.27. The van der Waals surface area contributed by atoms with E-state index in [1.54, 1.807) is 23.5 Å². The van der Waals surface area contributed by atoms with Crippen molar-refractivity contribution >= 4 is 12.0 Å². The predicted octanol–water partition coefficient (Wildman–Crippen LogP) is 2.67. The zero-order valence-corrected chi connectivity index (χ0v) is 10.8. The van der Waals surface area contributed by atoms with Gasteiger partial charge in [-0.3, -0.25) is 0 Å². The zero-order valence-electron chi connectivity index (χ0n) is 10.8. The average molecular weight is 264 g/mol. The van der Waals surface area contributed by atoms with Gasteiger partial charge >= 0.3 is 0 Å². The van der Waals surface area contributed by atoms with Gasteiger partial charge < -0.3 is 5.11 Å². The molecular weight excluding hydrogens is 250 g/mol. The molecule has 0 amide bonds. The maximum atomic E-state index is 10.0. The molecule has 0 unspecified atom stereocenters. The molecule has 1 heterocycles. The fraction of sp³-hybridized carbons (Fsp3) is 0. The third kappa shape index (κ3) is 2.59. The minimum absolute atomic E-state index is 0.175. The van der Waals surface area contributed by atoms with Gasteiger partial charge in [-0.15, -0.1) is 0 Å². The van der Waals surface area contributed by atoms with Gasteiger partial charge in [0.05, 0.1) is 0 Å². The summed E-state index contributed by atoms with van der Waals surface area (Å²) in [6.07, 6.45) is 5.08. The quantitative estimate of drug-likeness (QED) is 0.583. The number of hydrogen-bond acceptors (Lipinski definition) is 2. The molecule has 0 aliphatic heterocycles.